The third kappa shape index (κ3) is 1.48. The van der Waals surface area contributed by atoms with E-state index in [-0.39, 0.29) is 12.1 Å². The Bertz CT molecular complexity index is 418. The van der Waals surface area contributed by atoms with Gasteiger partial charge in [0, 0.05) is 23.6 Å². The molecule has 0 aromatic heterocycles. The van der Waals surface area contributed by atoms with Gasteiger partial charge in [-0.05, 0) is 12.8 Å². The molecule has 1 fully saturated rings. The molecule has 1 aliphatic rings. The van der Waals surface area contributed by atoms with Crippen LogP contribution in [0.1, 0.15) is 18.4 Å². The maximum Gasteiger partial charge on any atom is 0.152 e. The molecule has 0 spiro atoms. The minimum absolute atomic E-state index is 0.0900. The highest BCUT2D eigenvalue weighted by Crippen LogP contribution is 2.50. The quantitative estimate of drug-likeness (QED) is 0.770. The molecule has 1 aliphatic carbocycles. The van der Waals surface area contributed by atoms with Gasteiger partial charge in [-0.3, -0.25) is 0 Å². The fourth-order valence-electron chi connectivity index (χ4n) is 1.78. The monoisotopic (exact) mass is 233 g/mol. The molecule has 3 N–H and O–H groups in total. The summed E-state index contributed by atoms with van der Waals surface area (Å²) in [6, 6.07) is 0.830. The molecule has 2 rings (SSSR count). The van der Waals surface area contributed by atoms with Crippen molar-refractivity contribution >= 4 is 11.6 Å². The maximum atomic E-state index is 13.7. The van der Waals surface area contributed by atoms with Crippen molar-refractivity contribution in [3.05, 3.63) is 28.3 Å². The molecule has 0 atom stereocenters. The van der Waals surface area contributed by atoms with Crippen LogP contribution in [0, 0.1) is 11.6 Å². The molecular formula is C10H10ClF2NO. The summed E-state index contributed by atoms with van der Waals surface area (Å²) in [6.07, 6.45) is 1.30. The molecule has 0 bridgehead atoms. The summed E-state index contributed by atoms with van der Waals surface area (Å²) in [6.45, 7) is 0.182. The van der Waals surface area contributed by atoms with Crippen LogP contribution < -0.4 is 5.73 Å². The van der Waals surface area contributed by atoms with E-state index >= 15 is 0 Å². The zero-order valence-electron chi connectivity index (χ0n) is 7.86. The van der Waals surface area contributed by atoms with Gasteiger partial charge in [-0.1, -0.05) is 11.6 Å². The van der Waals surface area contributed by atoms with Crippen LogP contribution >= 0.6 is 11.6 Å². The summed E-state index contributed by atoms with van der Waals surface area (Å²) in [5, 5.41) is 8.68. The van der Waals surface area contributed by atoms with Crippen molar-refractivity contribution in [3.63, 3.8) is 0 Å². The summed E-state index contributed by atoms with van der Waals surface area (Å²) in [4.78, 5) is 0. The van der Waals surface area contributed by atoms with E-state index in [1.165, 1.54) is 0 Å². The van der Waals surface area contributed by atoms with Crippen molar-refractivity contribution in [2.75, 3.05) is 6.54 Å². The first kappa shape index (κ1) is 10.6. The van der Waals surface area contributed by atoms with Crippen LogP contribution in [-0.2, 0) is 5.41 Å². The molecule has 0 amide bonds. The number of rotatable bonds is 2. The molecule has 0 unspecified atom stereocenters. The van der Waals surface area contributed by atoms with Gasteiger partial charge in [0.2, 0.25) is 0 Å². The smallest absolute Gasteiger partial charge is 0.152 e. The van der Waals surface area contributed by atoms with Crippen molar-refractivity contribution in [1.82, 2.24) is 0 Å². The van der Waals surface area contributed by atoms with E-state index in [1.54, 1.807) is 0 Å². The highest BCUT2D eigenvalue weighted by molar-refractivity contribution is 6.32. The predicted octanol–water partition coefficient (Wildman–Crippen LogP) is 2.31. The molecule has 0 radical (unpaired) electrons. The second-order valence-corrected chi connectivity index (χ2v) is 4.24. The van der Waals surface area contributed by atoms with Crippen LogP contribution in [0.15, 0.2) is 6.07 Å². The highest BCUT2D eigenvalue weighted by atomic mass is 35.5. The lowest BCUT2D eigenvalue weighted by molar-refractivity contribution is 0.450. The molecular weight excluding hydrogens is 224 g/mol. The number of aromatic hydroxyl groups is 1. The highest BCUT2D eigenvalue weighted by Gasteiger charge is 2.47. The maximum absolute atomic E-state index is 13.7. The number of halogens is 3. The summed E-state index contributed by atoms with van der Waals surface area (Å²) in [7, 11) is 0. The van der Waals surface area contributed by atoms with Crippen molar-refractivity contribution < 1.29 is 13.9 Å². The summed E-state index contributed by atoms with van der Waals surface area (Å²) >= 11 is 5.51. The van der Waals surface area contributed by atoms with Crippen LogP contribution in [0.3, 0.4) is 0 Å². The lowest BCUT2D eigenvalue weighted by atomic mass is 9.95. The number of hydrogen-bond acceptors (Lipinski definition) is 2. The Morgan fingerprint density at radius 3 is 2.53 bits per heavy atom. The van der Waals surface area contributed by atoms with Crippen LogP contribution in [0.25, 0.3) is 0 Å². The first-order chi connectivity index (χ1) is 7.02. The number of phenols is 1. The van der Waals surface area contributed by atoms with E-state index in [2.05, 4.69) is 0 Å². The average molecular weight is 234 g/mol. The Morgan fingerprint density at radius 2 is 2.07 bits per heavy atom. The van der Waals surface area contributed by atoms with Gasteiger partial charge in [0.05, 0.1) is 0 Å². The molecule has 2 nitrogen and oxygen atoms in total. The Morgan fingerprint density at radius 1 is 1.47 bits per heavy atom. The van der Waals surface area contributed by atoms with Crippen molar-refractivity contribution in [2.24, 2.45) is 5.73 Å². The molecule has 1 aromatic rings. The van der Waals surface area contributed by atoms with Gasteiger partial charge < -0.3 is 10.8 Å². The largest absolute Gasteiger partial charge is 0.506 e. The predicted molar refractivity (Wildman–Crippen MR) is 53.0 cm³/mol. The Kier molecular flexibility index (Phi) is 2.35. The molecule has 82 valence electrons. The van der Waals surface area contributed by atoms with Crippen LogP contribution in [0.2, 0.25) is 5.02 Å². The fraction of sp³-hybridized carbons (Fsp3) is 0.400. The third-order valence-electron chi connectivity index (χ3n) is 2.91. The minimum Gasteiger partial charge on any atom is -0.506 e. The van der Waals surface area contributed by atoms with Gasteiger partial charge in [0.25, 0.3) is 0 Å². The molecule has 5 heteroatoms. The molecule has 1 aromatic carbocycles. The van der Waals surface area contributed by atoms with Crippen molar-refractivity contribution in [1.29, 1.82) is 0 Å². The van der Waals surface area contributed by atoms with Crippen molar-refractivity contribution in [3.8, 4) is 5.75 Å². The van der Waals surface area contributed by atoms with E-state index in [4.69, 9.17) is 22.4 Å². The van der Waals surface area contributed by atoms with Crippen LogP contribution in [0.4, 0.5) is 8.78 Å². The van der Waals surface area contributed by atoms with E-state index < -0.39 is 27.8 Å². The topological polar surface area (TPSA) is 46.2 Å². The second kappa shape index (κ2) is 3.32. The van der Waals surface area contributed by atoms with Crippen molar-refractivity contribution in [2.45, 2.75) is 18.3 Å². The zero-order chi connectivity index (χ0) is 11.2. The lowest BCUT2D eigenvalue weighted by Crippen LogP contribution is -2.22. The van der Waals surface area contributed by atoms with Crippen LogP contribution in [-0.4, -0.2) is 11.7 Å². The Hall–Kier alpha value is -0.870. The first-order valence-electron chi connectivity index (χ1n) is 4.59. The fourth-order valence-corrected chi connectivity index (χ4v) is 1.92. The van der Waals surface area contributed by atoms with E-state index in [1.807, 2.05) is 0 Å². The Balaban J connectivity index is 2.62. The van der Waals surface area contributed by atoms with E-state index in [0.29, 0.717) is 12.8 Å². The lowest BCUT2D eigenvalue weighted by Gasteiger charge is -2.16. The van der Waals surface area contributed by atoms with Crippen LogP contribution in [0.5, 0.6) is 5.75 Å². The van der Waals surface area contributed by atoms with E-state index in [9.17, 15) is 8.78 Å². The summed E-state index contributed by atoms with van der Waals surface area (Å²) < 4.78 is 27.2. The summed E-state index contributed by atoms with van der Waals surface area (Å²) in [5.41, 5.74) is 4.78. The number of hydrogen-bond donors (Lipinski definition) is 2. The average Bonchev–Trinajstić information content (AvgIpc) is 2.96. The van der Waals surface area contributed by atoms with Gasteiger partial charge >= 0.3 is 0 Å². The van der Waals surface area contributed by atoms with Gasteiger partial charge in [-0.25, -0.2) is 8.78 Å². The van der Waals surface area contributed by atoms with Gasteiger partial charge in [-0.2, -0.15) is 0 Å². The third-order valence-corrected chi connectivity index (χ3v) is 3.27. The van der Waals surface area contributed by atoms with Gasteiger partial charge in [0.1, 0.15) is 16.6 Å². The Labute approximate surface area is 90.7 Å². The molecule has 0 saturated heterocycles. The molecule has 0 heterocycles. The normalized spacial score (nSPS) is 17.9. The number of nitrogens with two attached hydrogens (primary N) is 1. The molecule has 0 aliphatic heterocycles. The second-order valence-electron chi connectivity index (χ2n) is 3.86. The number of phenolic OH excluding ortho intramolecular Hbond substituents is 1. The summed E-state index contributed by atoms with van der Waals surface area (Å²) in [5.74, 6) is -2.25. The van der Waals surface area contributed by atoms with Gasteiger partial charge in [-0.15, -0.1) is 0 Å². The molecule has 1 saturated carbocycles. The standard InChI is InChI=1S/C10H10ClF2NO/c11-8-6(15)3-5(12)7(9(8)13)10(4-14)1-2-10/h3,15H,1-2,4,14H2. The zero-order valence-corrected chi connectivity index (χ0v) is 8.61. The molecule has 15 heavy (non-hydrogen) atoms. The SMILES string of the molecule is NCC1(c2c(F)cc(O)c(Cl)c2F)CC1. The first-order valence-corrected chi connectivity index (χ1v) is 4.96. The minimum atomic E-state index is -0.892. The van der Waals surface area contributed by atoms with E-state index in [0.717, 1.165) is 6.07 Å². The van der Waals surface area contributed by atoms with Gasteiger partial charge in [0.15, 0.2) is 5.82 Å². The number of benzene rings is 1.